The quantitative estimate of drug-likeness (QED) is 0.128. The molecule has 550 valence electrons. The van der Waals surface area contributed by atoms with Crippen molar-refractivity contribution in [2.24, 2.45) is 0 Å². The zero-order valence-electron chi connectivity index (χ0n) is 63.7. The van der Waals surface area contributed by atoms with Gasteiger partial charge in [-0.2, -0.15) is 0 Å². The molecule has 0 aliphatic carbocycles. The van der Waals surface area contributed by atoms with E-state index in [0.717, 1.165) is 99.9 Å². The molecule has 0 atom stereocenters. The van der Waals surface area contributed by atoms with Crippen LogP contribution < -0.4 is 0 Å². The number of aromatic nitrogens is 10. The van der Waals surface area contributed by atoms with Crippen molar-refractivity contribution in [2.75, 3.05) is 0 Å². The first-order chi connectivity index (χ1) is 58.5. The molecule has 24 rings (SSSR count). The zero-order chi connectivity index (χ0) is 77.7. The second-order valence-corrected chi connectivity index (χ2v) is 30.2. The van der Waals surface area contributed by atoms with E-state index in [4.69, 9.17) is 29.9 Å². The Labute approximate surface area is 678 Å². The van der Waals surface area contributed by atoms with Crippen molar-refractivity contribution in [3.05, 3.63) is 413 Å². The summed E-state index contributed by atoms with van der Waals surface area (Å²) in [7, 11) is 0. The summed E-state index contributed by atoms with van der Waals surface area (Å²) in [5.74, 6) is 3.78. The molecule has 24 aromatic rings. The molecule has 0 aliphatic heterocycles. The predicted octanol–water partition coefficient (Wildman–Crippen LogP) is 27.3. The summed E-state index contributed by atoms with van der Waals surface area (Å²) in [6.07, 6.45) is 0. The number of rotatable bonds is 11. The summed E-state index contributed by atoms with van der Waals surface area (Å²) in [5.41, 5.74) is 21.5. The first-order valence-electron chi connectivity index (χ1n) is 39.9. The Bertz CT molecular complexity index is 7940. The van der Waals surface area contributed by atoms with Gasteiger partial charge in [0.05, 0.1) is 44.1 Å². The van der Waals surface area contributed by atoms with Gasteiger partial charge < -0.3 is 18.3 Å². The van der Waals surface area contributed by atoms with Crippen LogP contribution in [0, 0.1) is 0 Å². The molecule has 0 saturated heterocycles. The molecule has 10 heteroatoms. The van der Waals surface area contributed by atoms with Crippen LogP contribution in [0.2, 0.25) is 0 Å². The smallest absolute Gasteiger partial charge is 0.164 e. The van der Waals surface area contributed by atoms with E-state index in [-0.39, 0.29) is 0 Å². The Hall–Kier alpha value is -16.0. The molecular weight excluding hydrogens is 1440 g/mol. The molecule has 18 aromatic carbocycles. The molecule has 0 radical (unpaired) electrons. The molecule has 0 N–H and O–H groups in total. The van der Waals surface area contributed by atoms with Gasteiger partial charge in [-0.15, -0.1) is 0 Å². The lowest BCUT2D eigenvalue weighted by Gasteiger charge is -2.12. The lowest BCUT2D eigenvalue weighted by atomic mass is 10.0. The SMILES string of the molecule is c1cc(-c2nc(-c3ccc4ccccc4c3)nc(-c3ccc4ccccc4c3)n2)cc(-n2c3ccccc3c3cc(-n4c5ccccc5c5ccccc54)ccc32)c1.c1ccc(-c2ccc(-c3nc(-c4cccc(-n5c6ccccc6c6cc(-n7c8ccccc8c8ccccc87)ccc65)c4)nc(-c4ccc5ccccc5c4)n3)cc2)cc1. The topological polar surface area (TPSA) is 97.1 Å². The number of benzene rings is 18. The number of fused-ring (bicyclic) bond motifs is 15. The highest BCUT2D eigenvalue weighted by atomic mass is 15.1. The highest BCUT2D eigenvalue weighted by Crippen LogP contribution is 2.42. The van der Waals surface area contributed by atoms with Crippen LogP contribution in [-0.4, -0.2) is 48.2 Å². The molecule has 0 aliphatic rings. The van der Waals surface area contributed by atoms with Crippen LogP contribution in [0.15, 0.2) is 413 Å². The van der Waals surface area contributed by atoms with Crippen molar-refractivity contribution in [1.82, 2.24) is 48.2 Å². The van der Waals surface area contributed by atoms with E-state index in [0.29, 0.717) is 34.9 Å². The standard InChI is InChI=1S/C55H35N5.C53H33N5/c1-2-13-36(14-3-1)38-25-28-39(29-26-38)53-56-54(58-55(57-53)42-30-27-37-15-4-5-16-40(37)33-42)41-17-12-18-43(34-41)59-51-24-11-8-21-47(51)48-35-44(31-32-52(48)59)60-49-22-9-6-19-45(49)46-20-7-10-23-50(46)60;1-3-14-36-30-39(26-24-34(36)12-1)52-54-51(55-53(56-52)40-27-25-35-13-2-4-15-37(35)31-40)38-16-11-17-41(32-38)57-49-23-10-7-20-45(49)46-33-42(28-29-50(46)57)58-47-21-8-5-18-43(47)44-19-6-9-22-48(44)58/h1-35H;1-33H. The van der Waals surface area contributed by atoms with Crippen molar-refractivity contribution < 1.29 is 0 Å². The minimum Gasteiger partial charge on any atom is -0.309 e. The van der Waals surface area contributed by atoms with Crippen LogP contribution in [0.1, 0.15) is 0 Å². The van der Waals surface area contributed by atoms with Gasteiger partial charge in [-0.25, -0.2) is 29.9 Å². The summed E-state index contributed by atoms with van der Waals surface area (Å²) in [5, 5.41) is 16.7. The Morgan fingerprint density at radius 3 is 0.695 bits per heavy atom. The lowest BCUT2D eigenvalue weighted by molar-refractivity contribution is 1.07. The van der Waals surface area contributed by atoms with E-state index in [1.165, 1.54) is 86.9 Å². The summed E-state index contributed by atoms with van der Waals surface area (Å²) < 4.78 is 9.49. The second kappa shape index (κ2) is 28.0. The Morgan fingerprint density at radius 2 is 0.356 bits per heavy atom. The van der Waals surface area contributed by atoms with Crippen molar-refractivity contribution >= 4 is 120 Å². The zero-order valence-corrected chi connectivity index (χ0v) is 63.7. The van der Waals surface area contributed by atoms with Gasteiger partial charge in [-0.3, -0.25) is 0 Å². The molecule has 0 amide bonds. The second-order valence-electron chi connectivity index (χ2n) is 30.2. The average Bonchev–Trinajstić information content (AvgIpc) is 1.58. The van der Waals surface area contributed by atoms with Gasteiger partial charge in [0.1, 0.15) is 0 Å². The van der Waals surface area contributed by atoms with Crippen LogP contribution in [0.4, 0.5) is 0 Å². The third kappa shape index (κ3) is 11.6. The minimum absolute atomic E-state index is 0.617. The summed E-state index contributed by atoms with van der Waals surface area (Å²) in [6.45, 7) is 0. The third-order valence-corrected chi connectivity index (χ3v) is 23.3. The van der Waals surface area contributed by atoms with Crippen molar-refractivity contribution in [3.8, 4) is 102 Å². The van der Waals surface area contributed by atoms with Gasteiger partial charge in [0.25, 0.3) is 0 Å². The molecule has 6 heterocycles. The van der Waals surface area contributed by atoms with E-state index < -0.39 is 0 Å². The largest absolute Gasteiger partial charge is 0.309 e. The number of hydrogen-bond acceptors (Lipinski definition) is 6. The van der Waals surface area contributed by atoms with Gasteiger partial charge in [0, 0.05) is 99.2 Å². The van der Waals surface area contributed by atoms with Gasteiger partial charge in [0.2, 0.25) is 0 Å². The molecule has 0 fully saturated rings. The Kier molecular flexibility index (Phi) is 16.0. The molecule has 0 unspecified atom stereocenters. The molecular formula is C108H68N10. The highest BCUT2D eigenvalue weighted by Gasteiger charge is 2.23. The Balaban J connectivity index is 0.000000138. The van der Waals surface area contributed by atoms with Crippen LogP contribution in [0.3, 0.4) is 0 Å². The molecule has 0 bridgehead atoms. The van der Waals surface area contributed by atoms with Gasteiger partial charge in [-0.1, -0.05) is 297 Å². The monoisotopic (exact) mass is 1500 g/mol. The normalized spacial score (nSPS) is 11.7. The first kappa shape index (κ1) is 67.6. The summed E-state index contributed by atoms with van der Waals surface area (Å²) in [6, 6.07) is 146. The van der Waals surface area contributed by atoms with E-state index >= 15 is 0 Å². The van der Waals surface area contributed by atoms with Crippen LogP contribution in [0.5, 0.6) is 0 Å². The molecule has 0 saturated carbocycles. The Morgan fingerprint density at radius 1 is 0.127 bits per heavy atom. The van der Waals surface area contributed by atoms with Crippen molar-refractivity contribution in [2.45, 2.75) is 0 Å². The number of nitrogens with zero attached hydrogens (tertiary/aromatic N) is 10. The van der Waals surface area contributed by atoms with Crippen molar-refractivity contribution in [3.63, 3.8) is 0 Å². The molecule has 10 nitrogen and oxygen atoms in total. The van der Waals surface area contributed by atoms with E-state index in [9.17, 15) is 0 Å². The fourth-order valence-corrected chi connectivity index (χ4v) is 17.7. The maximum atomic E-state index is 5.17. The highest BCUT2D eigenvalue weighted by molar-refractivity contribution is 6.14. The van der Waals surface area contributed by atoms with E-state index in [1.54, 1.807) is 0 Å². The molecule has 6 aromatic heterocycles. The van der Waals surface area contributed by atoms with Gasteiger partial charge >= 0.3 is 0 Å². The average molecular weight is 1510 g/mol. The summed E-state index contributed by atoms with van der Waals surface area (Å²) >= 11 is 0. The number of para-hydroxylation sites is 6. The minimum atomic E-state index is 0.617. The van der Waals surface area contributed by atoms with E-state index in [2.05, 4.69) is 425 Å². The van der Waals surface area contributed by atoms with Crippen molar-refractivity contribution in [1.29, 1.82) is 0 Å². The third-order valence-electron chi connectivity index (χ3n) is 23.3. The van der Waals surface area contributed by atoms with Gasteiger partial charge in [-0.05, 0) is 159 Å². The van der Waals surface area contributed by atoms with Crippen LogP contribution >= 0.6 is 0 Å². The molecule has 0 spiro atoms. The summed E-state index contributed by atoms with van der Waals surface area (Å²) in [4.78, 5) is 30.9. The maximum absolute atomic E-state index is 5.17. The number of hydrogen-bond donors (Lipinski definition) is 0. The van der Waals surface area contributed by atoms with E-state index in [1.807, 2.05) is 6.07 Å². The fourth-order valence-electron chi connectivity index (χ4n) is 17.7. The van der Waals surface area contributed by atoms with Crippen LogP contribution in [0.25, 0.3) is 222 Å². The maximum Gasteiger partial charge on any atom is 0.164 e. The predicted molar refractivity (Wildman–Crippen MR) is 488 cm³/mol. The molecule has 118 heavy (non-hydrogen) atoms. The lowest BCUT2D eigenvalue weighted by Crippen LogP contribution is -2.01. The van der Waals surface area contributed by atoms with Crippen LogP contribution in [-0.2, 0) is 0 Å². The first-order valence-corrected chi connectivity index (χ1v) is 39.9. The van der Waals surface area contributed by atoms with Gasteiger partial charge in [0.15, 0.2) is 34.9 Å². The fraction of sp³-hybridized carbons (Fsp3) is 0.